The van der Waals surface area contributed by atoms with Gasteiger partial charge in [-0.1, -0.05) is 0 Å². The van der Waals surface area contributed by atoms with E-state index in [0.29, 0.717) is 18.2 Å². The molecular formula is C20H21N3O4S4. The number of thiophene rings is 1. The number of aryl methyl sites for hydroxylation is 1. The number of carbonyl (C=O) groups excluding carboxylic acids is 1. The summed E-state index contributed by atoms with van der Waals surface area (Å²) in [5, 5.41) is 4.85. The van der Waals surface area contributed by atoms with Gasteiger partial charge in [-0.3, -0.25) is 10.1 Å². The van der Waals surface area contributed by atoms with E-state index in [1.54, 1.807) is 24.3 Å². The molecule has 0 radical (unpaired) electrons. The summed E-state index contributed by atoms with van der Waals surface area (Å²) in [5.74, 6) is 1.81. The van der Waals surface area contributed by atoms with Gasteiger partial charge >= 0.3 is 0 Å². The maximum absolute atomic E-state index is 13.0. The molecule has 0 atom stereocenters. The Labute approximate surface area is 193 Å². The summed E-state index contributed by atoms with van der Waals surface area (Å²) in [4.78, 5) is 18.7. The number of ether oxygens (including phenoxy) is 1. The minimum Gasteiger partial charge on any atom is -0.497 e. The van der Waals surface area contributed by atoms with Gasteiger partial charge in [0, 0.05) is 35.0 Å². The number of thiazole rings is 1. The van der Waals surface area contributed by atoms with E-state index in [9.17, 15) is 13.2 Å². The summed E-state index contributed by atoms with van der Waals surface area (Å²) in [6.07, 6.45) is 0. The Morgan fingerprint density at radius 2 is 1.87 bits per heavy atom. The molecule has 3 aromatic rings. The fraction of sp³-hybridized carbons (Fsp3) is 0.300. The SMILES string of the molecule is COc1ccc(-c2nc(NC(=O)c3sccc3S(=O)(=O)N3CCSCC3)sc2C)cc1. The maximum Gasteiger partial charge on any atom is 0.268 e. The summed E-state index contributed by atoms with van der Waals surface area (Å²) in [5.41, 5.74) is 1.69. The number of nitrogens with one attached hydrogen (secondary N) is 1. The Hall–Kier alpha value is -1.92. The molecule has 1 amide bonds. The van der Waals surface area contributed by atoms with Crippen LogP contribution in [0.3, 0.4) is 0 Å². The number of carbonyl (C=O) groups is 1. The number of aromatic nitrogens is 1. The highest BCUT2D eigenvalue weighted by atomic mass is 32.2. The number of nitrogens with zero attached hydrogens (tertiary/aromatic N) is 2. The molecule has 3 heterocycles. The summed E-state index contributed by atoms with van der Waals surface area (Å²) in [6, 6.07) is 9.04. The molecule has 0 saturated carbocycles. The third-order valence-corrected chi connectivity index (χ3v) is 9.62. The number of methoxy groups -OCH3 is 1. The average Bonchev–Trinajstić information content (AvgIpc) is 3.42. The number of benzene rings is 1. The van der Waals surface area contributed by atoms with Crippen LogP contribution >= 0.6 is 34.4 Å². The van der Waals surface area contributed by atoms with Crippen LogP contribution in [-0.4, -0.2) is 55.3 Å². The van der Waals surface area contributed by atoms with Crippen molar-refractivity contribution in [3.8, 4) is 17.0 Å². The maximum atomic E-state index is 13.0. The molecule has 4 rings (SSSR count). The summed E-state index contributed by atoms with van der Waals surface area (Å²) >= 11 is 4.20. The minimum absolute atomic E-state index is 0.0607. The third kappa shape index (κ3) is 4.65. The molecule has 1 saturated heterocycles. The number of hydrogen-bond acceptors (Lipinski definition) is 8. The van der Waals surface area contributed by atoms with E-state index in [0.717, 1.165) is 44.7 Å². The molecule has 0 aliphatic carbocycles. The molecule has 0 unspecified atom stereocenters. The van der Waals surface area contributed by atoms with E-state index in [-0.39, 0.29) is 9.77 Å². The Morgan fingerprint density at radius 1 is 1.16 bits per heavy atom. The van der Waals surface area contributed by atoms with Crippen LogP contribution in [-0.2, 0) is 10.0 Å². The minimum atomic E-state index is -3.70. The summed E-state index contributed by atoms with van der Waals surface area (Å²) < 4.78 is 32.7. The van der Waals surface area contributed by atoms with Gasteiger partial charge in [-0.15, -0.1) is 22.7 Å². The molecule has 1 N–H and O–H groups in total. The third-order valence-electron chi connectivity index (χ3n) is 4.80. The molecular weight excluding hydrogens is 475 g/mol. The number of amides is 1. The fourth-order valence-electron chi connectivity index (χ4n) is 3.21. The highest BCUT2D eigenvalue weighted by Crippen LogP contribution is 2.33. The largest absolute Gasteiger partial charge is 0.497 e. The number of anilines is 1. The average molecular weight is 496 g/mol. The van der Waals surface area contributed by atoms with Crippen LogP contribution in [0.1, 0.15) is 14.5 Å². The van der Waals surface area contributed by atoms with E-state index in [1.807, 2.05) is 31.2 Å². The van der Waals surface area contributed by atoms with Crippen molar-refractivity contribution >= 4 is 55.5 Å². The van der Waals surface area contributed by atoms with Gasteiger partial charge in [-0.05, 0) is 42.6 Å². The zero-order valence-corrected chi connectivity index (χ0v) is 20.2. The first kappa shape index (κ1) is 22.3. The second-order valence-corrected chi connectivity index (χ2v) is 12.0. The summed E-state index contributed by atoms with van der Waals surface area (Å²) in [6.45, 7) is 2.85. The Kier molecular flexibility index (Phi) is 6.68. The van der Waals surface area contributed by atoms with Gasteiger partial charge in [0.15, 0.2) is 5.13 Å². The lowest BCUT2D eigenvalue weighted by Crippen LogP contribution is -2.38. The quantitative estimate of drug-likeness (QED) is 0.552. The van der Waals surface area contributed by atoms with E-state index >= 15 is 0 Å². The van der Waals surface area contributed by atoms with Crippen LogP contribution < -0.4 is 10.1 Å². The van der Waals surface area contributed by atoms with Gasteiger partial charge in [0.2, 0.25) is 10.0 Å². The number of sulfonamides is 1. The predicted molar refractivity (Wildman–Crippen MR) is 127 cm³/mol. The van der Waals surface area contributed by atoms with E-state index < -0.39 is 15.9 Å². The van der Waals surface area contributed by atoms with Gasteiger partial charge in [-0.2, -0.15) is 16.1 Å². The van der Waals surface area contributed by atoms with Gasteiger partial charge < -0.3 is 4.74 Å². The van der Waals surface area contributed by atoms with Crippen LogP contribution in [0.5, 0.6) is 5.75 Å². The van der Waals surface area contributed by atoms with Crippen molar-refractivity contribution < 1.29 is 17.9 Å². The molecule has 1 aromatic carbocycles. The van der Waals surface area contributed by atoms with Gasteiger partial charge in [0.05, 0.1) is 12.8 Å². The van der Waals surface area contributed by atoms with E-state index in [4.69, 9.17) is 4.74 Å². The molecule has 31 heavy (non-hydrogen) atoms. The number of rotatable bonds is 6. The van der Waals surface area contributed by atoms with Gasteiger partial charge in [0.25, 0.3) is 5.91 Å². The standard InChI is InChI=1S/C20H21N3O4S4/c1-13-17(14-3-5-15(27-2)6-4-14)21-20(30-13)22-19(24)18-16(7-10-29-18)31(25,26)23-8-11-28-12-9-23/h3-7,10H,8-9,11-12H2,1-2H3,(H,21,22,24). The lowest BCUT2D eigenvalue weighted by molar-refractivity contribution is 0.102. The predicted octanol–water partition coefficient (Wildman–Crippen LogP) is 4.18. The highest BCUT2D eigenvalue weighted by molar-refractivity contribution is 7.99. The lowest BCUT2D eigenvalue weighted by Gasteiger charge is -2.25. The second-order valence-electron chi connectivity index (χ2n) is 6.74. The number of hydrogen-bond donors (Lipinski definition) is 1. The molecule has 0 bridgehead atoms. The van der Waals surface area contributed by atoms with Crippen LogP contribution in [0.15, 0.2) is 40.6 Å². The molecule has 11 heteroatoms. The lowest BCUT2D eigenvalue weighted by atomic mass is 10.1. The van der Waals surface area contributed by atoms with Gasteiger partial charge in [0.1, 0.15) is 15.5 Å². The Balaban J connectivity index is 1.55. The summed E-state index contributed by atoms with van der Waals surface area (Å²) in [7, 11) is -2.09. The molecule has 1 fully saturated rings. The molecule has 164 valence electrons. The normalized spacial score (nSPS) is 15.0. The van der Waals surface area contributed by atoms with Crippen molar-refractivity contribution in [2.45, 2.75) is 11.8 Å². The first-order chi connectivity index (χ1) is 14.9. The van der Waals surface area contributed by atoms with Crippen LogP contribution in [0.4, 0.5) is 5.13 Å². The van der Waals surface area contributed by atoms with Crippen molar-refractivity contribution in [1.82, 2.24) is 9.29 Å². The van der Waals surface area contributed by atoms with E-state index in [2.05, 4.69) is 10.3 Å². The highest BCUT2D eigenvalue weighted by Gasteiger charge is 2.31. The Morgan fingerprint density at radius 3 is 2.55 bits per heavy atom. The van der Waals surface area contributed by atoms with Crippen LogP contribution in [0.25, 0.3) is 11.3 Å². The van der Waals surface area contributed by atoms with E-state index in [1.165, 1.54) is 21.7 Å². The first-order valence-electron chi connectivity index (χ1n) is 9.48. The first-order valence-corrected chi connectivity index (χ1v) is 13.8. The topological polar surface area (TPSA) is 88.6 Å². The number of thioether (sulfide) groups is 1. The van der Waals surface area contributed by atoms with Crippen molar-refractivity contribution in [3.63, 3.8) is 0 Å². The molecule has 1 aliphatic rings. The molecule has 0 spiro atoms. The second kappa shape index (κ2) is 9.29. The van der Waals surface area contributed by atoms with Gasteiger partial charge in [-0.25, -0.2) is 13.4 Å². The van der Waals surface area contributed by atoms with Crippen LogP contribution in [0, 0.1) is 6.92 Å². The molecule has 1 aliphatic heterocycles. The smallest absolute Gasteiger partial charge is 0.268 e. The van der Waals surface area contributed by atoms with Crippen molar-refractivity contribution in [1.29, 1.82) is 0 Å². The van der Waals surface area contributed by atoms with Crippen molar-refractivity contribution in [2.75, 3.05) is 37.0 Å². The fourth-order valence-corrected chi connectivity index (χ4v) is 7.92. The zero-order valence-electron chi connectivity index (χ0n) is 17.0. The Bertz CT molecular complexity index is 1180. The molecule has 7 nitrogen and oxygen atoms in total. The monoisotopic (exact) mass is 495 g/mol. The molecule has 2 aromatic heterocycles. The van der Waals surface area contributed by atoms with Crippen LogP contribution in [0.2, 0.25) is 0 Å². The van der Waals surface area contributed by atoms with Crippen molar-refractivity contribution in [3.05, 3.63) is 45.5 Å². The zero-order chi connectivity index (χ0) is 22.0. The van der Waals surface area contributed by atoms with Crippen molar-refractivity contribution in [2.24, 2.45) is 0 Å².